The van der Waals surface area contributed by atoms with Gasteiger partial charge in [0.2, 0.25) is 5.13 Å². The van der Waals surface area contributed by atoms with Gasteiger partial charge in [0.1, 0.15) is 0 Å². The minimum Gasteiger partial charge on any atom is -0.296 e. The molecule has 0 aliphatic carbocycles. The van der Waals surface area contributed by atoms with Crippen LogP contribution in [0.15, 0.2) is 27.0 Å². The van der Waals surface area contributed by atoms with Gasteiger partial charge in [-0.05, 0) is 24.6 Å². The standard InChI is InChI=1S/C12H11BrClN3OS2/c1-2-5-19-12-17-16-11(20-12)15-10(18)8-6-7(13)3-4-9(8)14/h3-4,6H,2,5H2,1H3,(H,15,16,18). The summed E-state index contributed by atoms with van der Waals surface area (Å²) >= 11 is 12.3. The van der Waals surface area contributed by atoms with E-state index in [0.717, 1.165) is 21.0 Å². The van der Waals surface area contributed by atoms with Crippen LogP contribution < -0.4 is 5.32 Å². The lowest BCUT2D eigenvalue weighted by Gasteiger charge is -2.04. The van der Waals surface area contributed by atoms with Crippen LogP contribution in [-0.4, -0.2) is 21.9 Å². The molecule has 0 saturated heterocycles. The molecular formula is C12H11BrClN3OS2. The van der Waals surface area contributed by atoms with E-state index in [2.05, 4.69) is 38.4 Å². The highest BCUT2D eigenvalue weighted by Crippen LogP contribution is 2.27. The lowest BCUT2D eigenvalue weighted by atomic mass is 10.2. The van der Waals surface area contributed by atoms with Gasteiger partial charge in [0.25, 0.3) is 5.91 Å². The van der Waals surface area contributed by atoms with Gasteiger partial charge in [-0.1, -0.05) is 57.6 Å². The van der Waals surface area contributed by atoms with Crippen molar-refractivity contribution in [2.45, 2.75) is 17.7 Å². The van der Waals surface area contributed by atoms with Gasteiger partial charge in [-0.25, -0.2) is 0 Å². The van der Waals surface area contributed by atoms with Crippen molar-refractivity contribution in [2.24, 2.45) is 0 Å². The number of carbonyl (C=O) groups excluding carboxylic acids is 1. The van der Waals surface area contributed by atoms with Crippen LogP contribution in [0.3, 0.4) is 0 Å². The van der Waals surface area contributed by atoms with Crippen molar-refractivity contribution in [3.05, 3.63) is 33.3 Å². The number of thioether (sulfide) groups is 1. The second-order valence-corrected chi connectivity index (χ2v) is 7.44. The molecule has 20 heavy (non-hydrogen) atoms. The van der Waals surface area contributed by atoms with E-state index >= 15 is 0 Å². The minimum absolute atomic E-state index is 0.292. The molecule has 0 saturated carbocycles. The number of halogens is 2. The van der Waals surface area contributed by atoms with Crippen LogP contribution in [0.4, 0.5) is 5.13 Å². The third kappa shape index (κ3) is 4.18. The van der Waals surface area contributed by atoms with E-state index in [9.17, 15) is 4.79 Å². The van der Waals surface area contributed by atoms with Crippen LogP contribution in [0.5, 0.6) is 0 Å². The summed E-state index contributed by atoms with van der Waals surface area (Å²) in [6.07, 6.45) is 1.07. The fourth-order valence-electron chi connectivity index (χ4n) is 1.34. The van der Waals surface area contributed by atoms with E-state index in [1.54, 1.807) is 30.0 Å². The van der Waals surface area contributed by atoms with Gasteiger partial charge in [0.05, 0.1) is 10.6 Å². The van der Waals surface area contributed by atoms with Crippen LogP contribution in [0.25, 0.3) is 0 Å². The molecular weight excluding hydrogens is 382 g/mol. The van der Waals surface area contributed by atoms with E-state index in [4.69, 9.17) is 11.6 Å². The Balaban J connectivity index is 2.07. The van der Waals surface area contributed by atoms with Gasteiger partial charge in [0.15, 0.2) is 4.34 Å². The molecule has 2 rings (SSSR count). The van der Waals surface area contributed by atoms with Gasteiger partial charge < -0.3 is 0 Å². The van der Waals surface area contributed by atoms with E-state index in [-0.39, 0.29) is 5.91 Å². The molecule has 0 bridgehead atoms. The van der Waals surface area contributed by atoms with Crippen LogP contribution >= 0.6 is 50.6 Å². The van der Waals surface area contributed by atoms with Gasteiger partial charge in [0, 0.05) is 10.2 Å². The predicted octanol–water partition coefficient (Wildman–Crippen LogP) is 4.71. The summed E-state index contributed by atoms with van der Waals surface area (Å²) in [5.41, 5.74) is 0.402. The van der Waals surface area contributed by atoms with E-state index in [1.807, 2.05) is 0 Å². The molecule has 2 aromatic rings. The van der Waals surface area contributed by atoms with Gasteiger partial charge in [-0.2, -0.15) is 0 Å². The summed E-state index contributed by atoms with van der Waals surface area (Å²) < 4.78 is 1.64. The molecule has 4 nitrogen and oxygen atoms in total. The van der Waals surface area contributed by atoms with Crippen molar-refractivity contribution in [3.63, 3.8) is 0 Å². The van der Waals surface area contributed by atoms with Crippen molar-refractivity contribution in [1.29, 1.82) is 0 Å². The zero-order valence-electron chi connectivity index (χ0n) is 10.5. The normalized spacial score (nSPS) is 10.6. The maximum absolute atomic E-state index is 12.1. The molecule has 0 radical (unpaired) electrons. The van der Waals surface area contributed by atoms with Crippen LogP contribution in [0, 0.1) is 0 Å². The monoisotopic (exact) mass is 391 g/mol. The molecule has 106 valence electrons. The number of hydrogen-bond acceptors (Lipinski definition) is 5. The number of anilines is 1. The van der Waals surface area contributed by atoms with Crippen LogP contribution in [0.1, 0.15) is 23.7 Å². The SMILES string of the molecule is CCCSc1nnc(NC(=O)c2cc(Br)ccc2Cl)s1. The summed E-state index contributed by atoms with van der Waals surface area (Å²) in [4.78, 5) is 12.1. The van der Waals surface area contributed by atoms with Crippen molar-refractivity contribution in [3.8, 4) is 0 Å². The number of nitrogens with one attached hydrogen (secondary N) is 1. The molecule has 1 heterocycles. The first-order chi connectivity index (χ1) is 9.60. The summed E-state index contributed by atoms with van der Waals surface area (Å²) in [6, 6.07) is 5.12. The molecule has 1 N–H and O–H groups in total. The fourth-order valence-corrected chi connectivity index (χ4v) is 3.58. The lowest BCUT2D eigenvalue weighted by Crippen LogP contribution is -2.12. The maximum Gasteiger partial charge on any atom is 0.259 e. The summed E-state index contributed by atoms with van der Waals surface area (Å²) in [5.74, 6) is 0.694. The Morgan fingerprint density at radius 1 is 1.50 bits per heavy atom. The third-order valence-corrected chi connectivity index (χ3v) is 5.23. The molecule has 0 spiro atoms. The topological polar surface area (TPSA) is 54.9 Å². The first kappa shape index (κ1) is 15.8. The Kier molecular flexibility index (Phi) is 5.83. The van der Waals surface area contributed by atoms with Crippen molar-refractivity contribution >= 4 is 61.7 Å². The number of nitrogens with zero attached hydrogens (tertiary/aromatic N) is 2. The van der Waals surface area contributed by atoms with Crippen LogP contribution in [0.2, 0.25) is 5.02 Å². The largest absolute Gasteiger partial charge is 0.296 e. The number of rotatable bonds is 5. The summed E-state index contributed by atoms with van der Waals surface area (Å²) in [7, 11) is 0. The molecule has 0 atom stereocenters. The predicted molar refractivity (Wildman–Crippen MR) is 88.0 cm³/mol. The Morgan fingerprint density at radius 3 is 3.05 bits per heavy atom. The number of hydrogen-bond donors (Lipinski definition) is 1. The third-order valence-electron chi connectivity index (χ3n) is 2.23. The highest BCUT2D eigenvalue weighted by molar-refractivity contribution is 9.10. The molecule has 0 aliphatic rings. The molecule has 1 aromatic carbocycles. The molecule has 8 heteroatoms. The molecule has 1 aromatic heterocycles. The number of aromatic nitrogens is 2. The summed E-state index contributed by atoms with van der Waals surface area (Å²) in [6.45, 7) is 2.10. The number of benzene rings is 1. The van der Waals surface area contributed by atoms with Crippen LogP contribution in [-0.2, 0) is 0 Å². The maximum atomic E-state index is 12.1. The fraction of sp³-hybridized carbons (Fsp3) is 0.250. The van der Waals surface area contributed by atoms with Crippen molar-refractivity contribution in [1.82, 2.24) is 10.2 Å². The average Bonchev–Trinajstić information content (AvgIpc) is 2.86. The Bertz CT molecular complexity index is 620. The highest BCUT2D eigenvalue weighted by atomic mass is 79.9. The Labute approximate surface area is 138 Å². The van der Waals surface area contributed by atoms with Gasteiger partial charge in [-0.3, -0.25) is 10.1 Å². The first-order valence-electron chi connectivity index (χ1n) is 5.83. The average molecular weight is 393 g/mol. The first-order valence-corrected chi connectivity index (χ1v) is 8.80. The molecule has 0 unspecified atom stereocenters. The van der Waals surface area contributed by atoms with E-state index in [1.165, 1.54) is 11.3 Å². The van der Waals surface area contributed by atoms with Gasteiger partial charge >= 0.3 is 0 Å². The van der Waals surface area contributed by atoms with Crippen molar-refractivity contribution < 1.29 is 4.79 Å². The number of carbonyl (C=O) groups is 1. The molecule has 0 fully saturated rings. The minimum atomic E-state index is -0.292. The second kappa shape index (κ2) is 7.40. The Morgan fingerprint density at radius 2 is 2.30 bits per heavy atom. The summed E-state index contributed by atoms with van der Waals surface area (Å²) in [5, 5.41) is 11.5. The lowest BCUT2D eigenvalue weighted by molar-refractivity contribution is 0.102. The Hall–Kier alpha value is -0.630. The highest BCUT2D eigenvalue weighted by Gasteiger charge is 2.13. The van der Waals surface area contributed by atoms with Gasteiger partial charge in [-0.15, -0.1) is 10.2 Å². The number of amides is 1. The molecule has 1 amide bonds. The zero-order chi connectivity index (χ0) is 14.5. The van der Waals surface area contributed by atoms with E-state index < -0.39 is 0 Å². The zero-order valence-corrected chi connectivity index (χ0v) is 14.5. The molecule has 0 aliphatic heterocycles. The van der Waals surface area contributed by atoms with E-state index in [0.29, 0.717) is 15.7 Å². The van der Waals surface area contributed by atoms with Crippen molar-refractivity contribution in [2.75, 3.05) is 11.1 Å². The second-order valence-electron chi connectivity index (χ2n) is 3.80. The smallest absolute Gasteiger partial charge is 0.259 e. The quantitative estimate of drug-likeness (QED) is 0.591.